The summed E-state index contributed by atoms with van der Waals surface area (Å²) in [4.78, 5) is 2.41. The van der Waals surface area contributed by atoms with Gasteiger partial charge in [-0.25, -0.2) is 8.42 Å². The van der Waals surface area contributed by atoms with Crippen molar-refractivity contribution in [2.75, 3.05) is 20.1 Å². The predicted octanol–water partition coefficient (Wildman–Crippen LogP) is 2.13. The first-order valence-corrected chi connectivity index (χ1v) is 8.94. The van der Waals surface area contributed by atoms with Gasteiger partial charge in [-0.1, -0.05) is 0 Å². The Morgan fingerprint density at radius 3 is 2.68 bits per heavy atom. The quantitative estimate of drug-likeness (QED) is 0.930. The second-order valence-corrected chi connectivity index (χ2v) is 8.56. The minimum atomic E-state index is -3.35. The minimum absolute atomic E-state index is 0.111. The van der Waals surface area contributed by atoms with Crippen molar-refractivity contribution in [1.82, 2.24) is 9.62 Å². The standard InChI is InChI=1S/C13H22N2O2S2/c1-10-9-13(11(2)18-10)19(16,17)15(3)12-5-4-7-14-8-6-12/h9,12,14H,4-8H2,1-3H3. The Kier molecular flexibility index (Phi) is 4.66. The summed E-state index contributed by atoms with van der Waals surface area (Å²) in [5.74, 6) is 0. The Labute approximate surface area is 119 Å². The zero-order valence-corrected chi connectivity index (χ0v) is 13.4. The fourth-order valence-corrected chi connectivity index (χ4v) is 5.52. The molecule has 2 heterocycles. The molecule has 1 saturated heterocycles. The van der Waals surface area contributed by atoms with E-state index in [1.54, 1.807) is 28.8 Å². The molecule has 0 aromatic carbocycles. The Bertz CT molecular complexity index is 529. The summed E-state index contributed by atoms with van der Waals surface area (Å²) in [5, 5.41) is 3.32. The molecule has 0 aliphatic carbocycles. The first kappa shape index (κ1) is 15.0. The van der Waals surface area contributed by atoms with Gasteiger partial charge < -0.3 is 5.32 Å². The third kappa shape index (κ3) is 3.18. The molecule has 108 valence electrons. The van der Waals surface area contributed by atoms with Gasteiger partial charge in [0.15, 0.2) is 0 Å². The largest absolute Gasteiger partial charge is 0.317 e. The van der Waals surface area contributed by atoms with Gasteiger partial charge in [-0.15, -0.1) is 11.3 Å². The number of nitrogens with zero attached hydrogens (tertiary/aromatic N) is 1. The van der Waals surface area contributed by atoms with Gasteiger partial charge in [0.25, 0.3) is 0 Å². The van der Waals surface area contributed by atoms with Gasteiger partial charge in [-0.2, -0.15) is 4.31 Å². The van der Waals surface area contributed by atoms with Gasteiger partial charge >= 0.3 is 0 Å². The number of rotatable bonds is 3. The second kappa shape index (κ2) is 5.91. The highest BCUT2D eigenvalue weighted by molar-refractivity contribution is 7.89. The number of thiophene rings is 1. The van der Waals surface area contributed by atoms with Gasteiger partial charge in [0.1, 0.15) is 0 Å². The van der Waals surface area contributed by atoms with Gasteiger partial charge in [0.05, 0.1) is 4.90 Å². The summed E-state index contributed by atoms with van der Waals surface area (Å²) >= 11 is 1.55. The SMILES string of the molecule is Cc1cc(S(=O)(=O)N(C)C2CCCNCC2)c(C)s1. The van der Waals surface area contributed by atoms with Crippen molar-refractivity contribution in [1.29, 1.82) is 0 Å². The molecule has 0 bridgehead atoms. The van der Waals surface area contributed by atoms with Gasteiger partial charge in [-0.05, 0) is 52.3 Å². The molecule has 0 amide bonds. The van der Waals surface area contributed by atoms with Crippen LogP contribution in [0.3, 0.4) is 0 Å². The normalized spacial score (nSPS) is 21.6. The molecule has 1 unspecified atom stereocenters. The maximum absolute atomic E-state index is 12.7. The van der Waals surface area contributed by atoms with E-state index in [1.807, 2.05) is 13.8 Å². The highest BCUT2D eigenvalue weighted by Crippen LogP contribution is 2.29. The van der Waals surface area contributed by atoms with Crippen molar-refractivity contribution in [3.8, 4) is 0 Å². The zero-order chi connectivity index (χ0) is 14.0. The summed E-state index contributed by atoms with van der Waals surface area (Å²) in [7, 11) is -1.63. The highest BCUT2D eigenvalue weighted by atomic mass is 32.2. The first-order valence-electron chi connectivity index (χ1n) is 6.68. The summed E-state index contributed by atoms with van der Waals surface area (Å²) in [5.41, 5.74) is 0. The Morgan fingerprint density at radius 1 is 1.32 bits per heavy atom. The lowest BCUT2D eigenvalue weighted by atomic mass is 10.1. The maximum Gasteiger partial charge on any atom is 0.244 e. The second-order valence-electron chi connectivity index (χ2n) is 5.13. The van der Waals surface area contributed by atoms with E-state index in [9.17, 15) is 8.42 Å². The molecule has 2 rings (SSSR count). The molecule has 0 saturated carbocycles. The number of nitrogens with one attached hydrogen (secondary N) is 1. The van der Waals surface area contributed by atoms with E-state index in [0.29, 0.717) is 4.90 Å². The van der Waals surface area contributed by atoms with E-state index < -0.39 is 10.0 Å². The molecular weight excluding hydrogens is 280 g/mol. The number of hydrogen-bond acceptors (Lipinski definition) is 4. The van der Waals surface area contributed by atoms with Gasteiger partial charge in [0.2, 0.25) is 10.0 Å². The molecule has 1 aromatic heterocycles. The third-order valence-corrected chi connectivity index (χ3v) is 6.84. The molecule has 1 N–H and O–H groups in total. The molecule has 1 aliphatic heterocycles. The molecular formula is C13H22N2O2S2. The van der Waals surface area contributed by atoms with Crippen LogP contribution in [-0.2, 0) is 10.0 Å². The first-order chi connectivity index (χ1) is 8.93. The molecule has 1 fully saturated rings. The number of hydrogen-bond donors (Lipinski definition) is 1. The molecule has 1 aromatic rings. The zero-order valence-electron chi connectivity index (χ0n) is 11.8. The average Bonchev–Trinajstić information content (AvgIpc) is 2.58. The smallest absolute Gasteiger partial charge is 0.244 e. The summed E-state index contributed by atoms with van der Waals surface area (Å²) < 4.78 is 27.0. The minimum Gasteiger partial charge on any atom is -0.317 e. The van der Waals surface area contributed by atoms with E-state index in [-0.39, 0.29) is 6.04 Å². The molecule has 0 spiro atoms. The molecule has 1 aliphatic rings. The lowest BCUT2D eigenvalue weighted by molar-refractivity contribution is 0.341. The van der Waals surface area contributed by atoms with E-state index in [1.165, 1.54) is 0 Å². The van der Waals surface area contributed by atoms with Crippen LogP contribution in [0.2, 0.25) is 0 Å². The molecule has 4 nitrogen and oxygen atoms in total. The fourth-order valence-electron chi connectivity index (χ4n) is 2.58. The molecule has 0 radical (unpaired) electrons. The summed E-state index contributed by atoms with van der Waals surface area (Å²) in [6.45, 7) is 5.71. The van der Waals surface area contributed by atoms with Crippen LogP contribution in [0.5, 0.6) is 0 Å². The van der Waals surface area contributed by atoms with Crippen molar-refractivity contribution in [3.05, 3.63) is 15.8 Å². The lowest BCUT2D eigenvalue weighted by Crippen LogP contribution is -2.37. The van der Waals surface area contributed by atoms with Crippen LogP contribution < -0.4 is 5.32 Å². The number of sulfonamides is 1. The Morgan fingerprint density at radius 2 is 2.05 bits per heavy atom. The van der Waals surface area contributed by atoms with E-state index in [4.69, 9.17) is 0 Å². The van der Waals surface area contributed by atoms with Crippen molar-refractivity contribution in [3.63, 3.8) is 0 Å². The van der Waals surface area contributed by atoms with E-state index >= 15 is 0 Å². The monoisotopic (exact) mass is 302 g/mol. The van der Waals surface area contributed by atoms with Crippen LogP contribution in [0.25, 0.3) is 0 Å². The van der Waals surface area contributed by atoms with Gasteiger partial charge in [-0.3, -0.25) is 0 Å². The summed E-state index contributed by atoms with van der Waals surface area (Å²) in [6, 6.07) is 1.90. The van der Waals surface area contributed by atoms with Crippen LogP contribution >= 0.6 is 11.3 Å². The number of aryl methyl sites for hydroxylation is 2. The molecule has 19 heavy (non-hydrogen) atoms. The van der Waals surface area contributed by atoms with Crippen LogP contribution in [0.1, 0.15) is 29.0 Å². The van der Waals surface area contributed by atoms with Gasteiger partial charge in [0, 0.05) is 22.8 Å². The molecule has 1 atom stereocenters. The van der Waals surface area contributed by atoms with Crippen molar-refractivity contribution < 1.29 is 8.42 Å². The topological polar surface area (TPSA) is 49.4 Å². The highest BCUT2D eigenvalue weighted by Gasteiger charge is 2.30. The average molecular weight is 302 g/mol. The predicted molar refractivity (Wildman–Crippen MR) is 79.3 cm³/mol. The third-order valence-electron chi connectivity index (χ3n) is 3.71. The van der Waals surface area contributed by atoms with Crippen LogP contribution in [0.15, 0.2) is 11.0 Å². The Hall–Kier alpha value is -0.430. The lowest BCUT2D eigenvalue weighted by Gasteiger charge is -2.26. The van der Waals surface area contributed by atoms with E-state index in [2.05, 4.69) is 5.32 Å². The van der Waals surface area contributed by atoms with E-state index in [0.717, 1.165) is 42.1 Å². The fraction of sp³-hybridized carbons (Fsp3) is 0.692. The van der Waals surface area contributed by atoms with Crippen molar-refractivity contribution in [2.24, 2.45) is 0 Å². The van der Waals surface area contributed by atoms with Crippen LogP contribution in [0.4, 0.5) is 0 Å². The van der Waals surface area contributed by atoms with Crippen molar-refractivity contribution in [2.45, 2.75) is 44.0 Å². The summed E-state index contributed by atoms with van der Waals surface area (Å²) in [6.07, 6.45) is 2.86. The Balaban J connectivity index is 2.25. The molecule has 6 heteroatoms. The van der Waals surface area contributed by atoms with Crippen LogP contribution in [0, 0.1) is 13.8 Å². The van der Waals surface area contributed by atoms with Crippen LogP contribution in [-0.4, -0.2) is 38.9 Å². The van der Waals surface area contributed by atoms with Crippen molar-refractivity contribution >= 4 is 21.4 Å². The maximum atomic E-state index is 12.7.